The molecule has 0 amide bonds. The summed E-state index contributed by atoms with van der Waals surface area (Å²) in [6, 6.07) is -0.0284. The number of hydrogen-bond donors (Lipinski definition) is 0. The van der Waals surface area contributed by atoms with E-state index in [1.165, 1.54) is 13.4 Å². The van der Waals surface area contributed by atoms with E-state index in [4.69, 9.17) is 4.74 Å². The molecule has 0 spiro atoms. The predicted octanol–water partition coefficient (Wildman–Crippen LogP) is 1.16. The quantitative estimate of drug-likeness (QED) is 0.774. The Bertz CT molecular complexity index is 623. The summed E-state index contributed by atoms with van der Waals surface area (Å²) >= 11 is 0. The molecule has 7 nitrogen and oxygen atoms in total. The average Bonchev–Trinajstić information content (AvgIpc) is 2.89. The maximum atomic E-state index is 11.8. The van der Waals surface area contributed by atoms with E-state index in [-0.39, 0.29) is 17.0 Å². The summed E-state index contributed by atoms with van der Waals surface area (Å²) < 4.78 is 29.9. The first-order valence-corrected chi connectivity index (χ1v) is 9.05. The average molecular weight is 315 g/mol. The second-order valence-electron chi connectivity index (χ2n) is 5.45. The van der Waals surface area contributed by atoms with Crippen molar-refractivity contribution < 1.29 is 17.9 Å². The number of nitrogens with zero attached hydrogens (tertiary/aromatic N) is 3. The number of rotatable bonds is 4. The Morgan fingerprint density at radius 1 is 1.43 bits per heavy atom. The third-order valence-electron chi connectivity index (χ3n) is 4.05. The molecule has 0 aliphatic heterocycles. The van der Waals surface area contributed by atoms with E-state index in [2.05, 4.69) is 10.3 Å². The number of ether oxygens (including phenoxy) is 1. The molecule has 8 heteroatoms. The van der Waals surface area contributed by atoms with Crippen LogP contribution in [0.4, 0.5) is 0 Å². The number of carbonyl (C=O) groups is 1. The predicted molar refractivity (Wildman–Crippen MR) is 76.9 cm³/mol. The van der Waals surface area contributed by atoms with Crippen LogP contribution in [0, 0.1) is 0 Å². The molecule has 2 unspecified atom stereocenters. The Balaban J connectivity index is 2.29. The molecule has 0 saturated heterocycles. The van der Waals surface area contributed by atoms with E-state index in [1.54, 1.807) is 4.68 Å². The minimum Gasteiger partial charge on any atom is -0.464 e. The second kappa shape index (κ2) is 6.13. The van der Waals surface area contributed by atoms with E-state index in [9.17, 15) is 13.2 Å². The Labute approximate surface area is 124 Å². The van der Waals surface area contributed by atoms with Crippen LogP contribution in [0.5, 0.6) is 0 Å². The highest BCUT2D eigenvalue weighted by atomic mass is 32.2. The van der Waals surface area contributed by atoms with Crippen LogP contribution < -0.4 is 0 Å². The first-order chi connectivity index (χ1) is 9.88. The SMILES string of the molecule is CCc1c(C(=O)OC)nnn1C1CCCC(S(C)(=O)=O)C1. The van der Waals surface area contributed by atoms with Gasteiger partial charge in [0.2, 0.25) is 0 Å². The zero-order valence-electron chi connectivity index (χ0n) is 12.6. The zero-order chi connectivity index (χ0) is 15.6. The van der Waals surface area contributed by atoms with Gasteiger partial charge in [-0.05, 0) is 25.7 Å². The van der Waals surface area contributed by atoms with Crippen molar-refractivity contribution in [2.75, 3.05) is 13.4 Å². The molecular formula is C13H21N3O4S. The van der Waals surface area contributed by atoms with Gasteiger partial charge >= 0.3 is 5.97 Å². The Kier molecular flexibility index (Phi) is 4.65. The van der Waals surface area contributed by atoms with Crippen molar-refractivity contribution in [1.82, 2.24) is 15.0 Å². The van der Waals surface area contributed by atoms with Crippen molar-refractivity contribution >= 4 is 15.8 Å². The molecule has 1 aliphatic carbocycles. The largest absolute Gasteiger partial charge is 0.464 e. The number of carbonyl (C=O) groups excluding carboxylic acids is 1. The number of hydrogen-bond acceptors (Lipinski definition) is 6. The van der Waals surface area contributed by atoms with E-state index < -0.39 is 15.8 Å². The van der Waals surface area contributed by atoms with E-state index in [0.29, 0.717) is 25.0 Å². The molecular weight excluding hydrogens is 294 g/mol. The maximum Gasteiger partial charge on any atom is 0.360 e. The van der Waals surface area contributed by atoms with Crippen LogP contribution in [-0.2, 0) is 21.0 Å². The summed E-state index contributed by atoms with van der Waals surface area (Å²) in [6.45, 7) is 1.92. The van der Waals surface area contributed by atoms with Gasteiger partial charge in [-0.15, -0.1) is 5.10 Å². The van der Waals surface area contributed by atoms with Crippen molar-refractivity contribution in [2.45, 2.75) is 50.3 Å². The van der Waals surface area contributed by atoms with Gasteiger partial charge in [-0.1, -0.05) is 18.6 Å². The first-order valence-electron chi connectivity index (χ1n) is 7.09. The molecule has 1 aliphatic rings. The maximum absolute atomic E-state index is 11.8. The van der Waals surface area contributed by atoms with Gasteiger partial charge in [0.1, 0.15) is 9.84 Å². The lowest BCUT2D eigenvalue weighted by Gasteiger charge is -2.28. The Morgan fingerprint density at radius 2 is 2.14 bits per heavy atom. The second-order valence-corrected chi connectivity index (χ2v) is 7.77. The van der Waals surface area contributed by atoms with Crippen molar-refractivity contribution in [3.8, 4) is 0 Å². The third-order valence-corrected chi connectivity index (χ3v) is 5.69. The first kappa shape index (κ1) is 15.9. The van der Waals surface area contributed by atoms with Crippen LogP contribution in [0.3, 0.4) is 0 Å². The molecule has 21 heavy (non-hydrogen) atoms. The molecule has 0 N–H and O–H groups in total. The highest BCUT2D eigenvalue weighted by Gasteiger charge is 2.32. The van der Waals surface area contributed by atoms with Gasteiger partial charge in [-0.2, -0.15) is 0 Å². The molecule has 1 aromatic heterocycles. The summed E-state index contributed by atoms with van der Waals surface area (Å²) in [5, 5.41) is 7.64. The lowest BCUT2D eigenvalue weighted by molar-refractivity contribution is 0.0592. The number of methoxy groups -OCH3 is 1. The molecule has 1 aromatic rings. The third kappa shape index (κ3) is 3.25. The van der Waals surface area contributed by atoms with E-state index in [0.717, 1.165) is 12.8 Å². The van der Waals surface area contributed by atoms with Gasteiger partial charge in [0.25, 0.3) is 0 Å². The normalized spacial score (nSPS) is 23.0. The summed E-state index contributed by atoms with van der Waals surface area (Å²) in [4.78, 5) is 11.7. The highest BCUT2D eigenvalue weighted by molar-refractivity contribution is 7.91. The Hall–Kier alpha value is -1.44. The minimum absolute atomic E-state index is 0.0284. The van der Waals surface area contributed by atoms with Gasteiger partial charge in [0.05, 0.1) is 24.1 Å². The van der Waals surface area contributed by atoms with Gasteiger partial charge in [-0.25, -0.2) is 17.9 Å². The summed E-state index contributed by atoms with van der Waals surface area (Å²) in [5.41, 5.74) is 0.933. The fourth-order valence-corrected chi connectivity index (χ4v) is 4.09. The van der Waals surface area contributed by atoms with Crippen LogP contribution in [0.1, 0.15) is 54.8 Å². The molecule has 1 saturated carbocycles. The van der Waals surface area contributed by atoms with Crippen molar-refractivity contribution in [2.24, 2.45) is 0 Å². The topological polar surface area (TPSA) is 91.2 Å². The summed E-state index contributed by atoms with van der Waals surface area (Å²) in [5.74, 6) is -0.506. The molecule has 118 valence electrons. The molecule has 2 atom stereocenters. The molecule has 0 radical (unpaired) electrons. The monoisotopic (exact) mass is 315 g/mol. The molecule has 1 fully saturated rings. The minimum atomic E-state index is -3.05. The number of aromatic nitrogens is 3. The fraction of sp³-hybridized carbons (Fsp3) is 0.769. The van der Waals surface area contributed by atoms with Gasteiger partial charge in [-0.3, -0.25) is 0 Å². The highest BCUT2D eigenvalue weighted by Crippen LogP contribution is 2.32. The van der Waals surface area contributed by atoms with Crippen molar-refractivity contribution in [3.05, 3.63) is 11.4 Å². The molecule has 1 heterocycles. The summed E-state index contributed by atoms with van der Waals surface area (Å²) in [7, 11) is -1.75. The zero-order valence-corrected chi connectivity index (χ0v) is 13.4. The number of esters is 1. The smallest absolute Gasteiger partial charge is 0.360 e. The van der Waals surface area contributed by atoms with E-state index in [1.807, 2.05) is 6.92 Å². The fourth-order valence-electron chi connectivity index (χ4n) is 2.92. The van der Waals surface area contributed by atoms with Crippen LogP contribution >= 0.6 is 0 Å². The van der Waals surface area contributed by atoms with Crippen LogP contribution in [-0.4, -0.2) is 48.0 Å². The van der Waals surface area contributed by atoms with Crippen LogP contribution in [0.2, 0.25) is 0 Å². The van der Waals surface area contributed by atoms with Gasteiger partial charge in [0, 0.05) is 6.26 Å². The van der Waals surface area contributed by atoms with E-state index >= 15 is 0 Å². The molecule has 0 bridgehead atoms. The standard InChI is InChI=1S/C13H21N3O4S/c1-4-11-12(13(17)20-2)14-15-16(11)9-6-5-7-10(8-9)21(3,18)19/h9-10H,4-8H2,1-3H3. The lowest BCUT2D eigenvalue weighted by atomic mass is 9.94. The van der Waals surface area contributed by atoms with Gasteiger partial charge in [0.15, 0.2) is 5.69 Å². The van der Waals surface area contributed by atoms with Crippen molar-refractivity contribution in [3.63, 3.8) is 0 Å². The van der Waals surface area contributed by atoms with Crippen LogP contribution in [0.25, 0.3) is 0 Å². The van der Waals surface area contributed by atoms with Crippen molar-refractivity contribution in [1.29, 1.82) is 0 Å². The molecule has 2 rings (SSSR count). The number of sulfone groups is 1. The Morgan fingerprint density at radius 3 is 2.71 bits per heavy atom. The molecule has 0 aromatic carbocycles. The van der Waals surface area contributed by atoms with Crippen LogP contribution in [0.15, 0.2) is 0 Å². The van der Waals surface area contributed by atoms with Gasteiger partial charge < -0.3 is 4.74 Å². The summed E-state index contributed by atoms with van der Waals surface area (Å²) in [6.07, 6.45) is 4.77. The lowest BCUT2D eigenvalue weighted by Crippen LogP contribution is -2.30.